The fraction of sp³-hybridized carbons (Fsp3) is 0.312. The Labute approximate surface area is 166 Å². The van der Waals surface area contributed by atoms with Crippen LogP contribution in [0.2, 0.25) is 0 Å². The lowest BCUT2D eigenvalue weighted by molar-refractivity contribution is 0.00496. The number of benzene rings is 1. The van der Waals surface area contributed by atoms with Crippen LogP contribution in [0.15, 0.2) is 38.3 Å². The summed E-state index contributed by atoms with van der Waals surface area (Å²) < 4.78 is 19.8. The fourth-order valence-corrected chi connectivity index (χ4v) is 3.29. The predicted octanol–water partition coefficient (Wildman–Crippen LogP) is 0.737. The van der Waals surface area contributed by atoms with Gasteiger partial charge in [-0.2, -0.15) is 5.26 Å². The van der Waals surface area contributed by atoms with Crippen LogP contribution in [0, 0.1) is 23.1 Å². The molecule has 0 amide bonds. The summed E-state index contributed by atoms with van der Waals surface area (Å²) in [5.41, 5.74) is 6.53. The summed E-state index contributed by atoms with van der Waals surface area (Å²) in [5.74, 6) is -0.894. The second kappa shape index (κ2) is 7.72. The Hall–Kier alpha value is -2.72. The van der Waals surface area contributed by atoms with E-state index >= 15 is 0 Å². The van der Waals surface area contributed by atoms with E-state index in [4.69, 9.17) is 14.6 Å². The molecular weight excluding hydrogens is 437 g/mol. The zero-order valence-electron chi connectivity index (χ0n) is 14.4. The molecule has 0 bridgehead atoms. The van der Waals surface area contributed by atoms with Crippen molar-refractivity contribution in [2.24, 2.45) is 5.92 Å². The van der Waals surface area contributed by atoms with E-state index in [0.29, 0.717) is 17.9 Å². The van der Waals surface area contributed by atoms with Crippen molar-refractivity contribution in [3.8, 4) is 11.8 Å². The van der Waals surface area contributed by atoms with E-state index in [1.807, 2.05) is 0 Å². The van der Waals surface area contributed by atoms with Crippen LogP contribution in [0.4, 0.5) is 4.39 Å². The molecule has 0 unspecified atom stereocenters. The third-order valence-corrected chi connectivity index (χ3v) is 5.00. The number of nitrogens with one attached hydrogen (secondary N) is 2. The molecule has 0 aliphatic carbocycles. The summed E-state index contributed by atoms with van der Waals surface area (Å²) in [6.07, 6.45) is 1.37. The SMILES string of the molecule is N#CC1CN(CCNN2NOC=C2c2noc(=O)n2-c2ccc(F)c(Br)c2)C1. The third kappa shape index (κ3) is 3.52. The number of halogens is 2. The van der Waals surface area contributed by atoms with Crippen molar-refractivity contribution >= 4 is 21.6 Å². The Kier molecular flexibility index (Phi) is 5.14. The smallest absolute Gasteiger partial charge is 0.393 e. The van der Waals surface area contributed by atoms with Gasteiger partial charge < -0.3 is 4.84 Å². The molecular formula is C16H15BrFN7O3. The topological polar surface area (TPSA) is 112 Å². The maximum atomic E-state index is 13.5. The zero-order chi connectivity index (χ0) is 19.7. The maximum absolute atomic E-state index is 13.5. The lowest BCUT2D eigenvalue weighted by atomic mass is 10.0. The molecule has 146 valence electrons. The molecule has 12 heteroatoms. The molecule has 2 aliphatic rings. The van der Waals surface area contributed by atoms with Crippen LogP contribution in [0.3, 0.4) is 0 Å². The molecule has 2 N–H and O–H groups in total. The molecule has 3 heterocycles. The number of nitrogens with zero attached hydrogens (tertiary/aromatic N) is 5. The first-order valence-corrected chi connectivity index (χ1v) is 9.17. The van der Waals surface area contributed by atoms with Gasteiger partial charge in [0.05, 0.1) is 22.1 Å². The summed E-state index contributed by atoms with van der Waals surface area (Å²) in [6.45, 7) is 2.82. The van der Waals surface area contributed by atoms with Gasteiger partial charge in [-0.25, -0.2) is 24.3 Å². The van der Waals surface area contributed by atoms with Crippen LogP contribution in [0.25, 0.3) is 11.4 Å². The molecule has 0 spiro atoms. The first-order chi connectivity index (χ1) is 13.6. The Morgan fingerprint density at radius 1 is 1.46 bits per heavy atom. The van der Waals surface area contributed by atoms with Gasteiger partial charge in [-0.1, -0.05) is 10.7 Å². The molecule has 1 aromatic heterocycles. The van der Waals surface area contributed by atoms with Crippen molar-refractivity contribution in [1.82, 2.24) is 30.8 Å². The lowest BCUT2D eigenvalue weighted by Crippen LogP contribution is -2.51. The Morgan fingerprint density at radius 3 is 3.04 bits per heavy atom. The van der Waals surface area contributed by atoms with E-state index in [-0.39, 0.29) is 16.2 Å². The highest BCUT2D eigenvalue weighted by molar-refractivity contribution is 9.10. The van der Waals surface area contributed by atoms with Crippen molar-refractivity contribution in [2.75, 3.05) is 26.2 Å². The van der Waals surface area contributed by atoms with Crippen LogP contribution < -0.4 is 16.8 Å². The van der Waals surface area contributed by atoms with Gasteiger partial charge in [-0.15, -0.1) is 0 Å². The second-order valence-electron chi connectivity index (χ2n) is 6.25. The van der Waals surface area contributed by atoms with E-state index in [1.165, 1.54) is 34.1 Å². The highest BCUT2D eigenvalue weighted by atomic mass is 79.9. The van der Waals surface area contributed by atoms with E-state index in [0.717, 1.165) is 19.6 Å². The van der Waals surface area contributed by atoms with Gasteiger partial charge in [0.15, 0.2) is 5.70 Å². The molecule has 1 saturated heterocycles. The summed E-state index contributed by atoms with van der Waals surface area (Å²) in [7, 11) is 0. The minimum atomic E-state index is -0.718. The number of aromatic nitrogens is 2. The van der Waals surface area contributed by atoms with Crippen molar-refractivity contribution in [3.05, 3.63) is 51.1 Å². The molecule has 28 heavy (non-hydrogen) atoms. The Balaban J connectivity index is 1.48. The largest absolute Gasteiger partial charge is 0.446 e. The number of likely N-dealkylation sites (tertiary alicyclic amines) is 1. The van der Waals surface area contributed by atoms with Gasteiger partial charge in [0.2, 0.25) is 5.82 Å². The summed E-state index contributed by atoms with van der Waals surface area (Å²) in [5, 5.41) is 14.1. The van der Waals surface area contributed by atoms with Gasteiger partial charge in [0, 0.05) is 26.2 Å². The van der Waals surface area contributed by atoms with Gasteiger partial charge in [-0.05, 0) is 34.1 Å². The number of hydrogen-bond donors (Lipinski definition) is 2. The van der Waals surface area contributed by atoms with Crippen molar-refractivity contribution in [2.45, 2.75) is 0 Å². The van der Waals surface area contributed by atoms with Crippen LogP contribution in [0.5, 0.6) is 0 Å². The van der Waals surface area contributed by atoms with Crippen molar-refractivity contribution < 1.29 is 13.8 Å². The zero-order valence-corrected chi connectivity index (χ0v) is 16.0. The molecule has 2 aromatic rings. The number of rotatable bonds is 6. The number of hydrazine groups is 2. The van der Waals surface area contributed by atoms with E-state index in [2.05, 4.69) is 43.1 Å². The Bertz CT molecular complexity index is 1010. The Morgan fingerprint density at radius 2 is 2.29 bits per heavy atom. The van der Waals surface area contributed by atoms with Gasteiger partial charge in [-0.3, -0.25) is 9.42 Å². The summed E-state index contributed by atoms with van der Waals surface area (Å²) >= 11 is 3.10. The van der Waals surface area contributed by atoms with Crippen molar-refractivity contribution in [1.29, 1.82) is 5.26 Å². The predicted molar refractivity (Wildman–Crippen MR) is 97.3 cm³/mol. The van der Waals surface area contributed by atoms with E-state index in [9.17, 15) is 9.18 Å². The van der Waals surface area contributed by atoms with Gasteiger partial charge >= 0.3 is 5.76 Å². The molecule has 1 fully saturated rings. The minimum Gasteiger partial charge on any atom is -0.393 e. The first-order valence-electron chi connectivity index (χ1n) is 8.38. The van der Waals surface area contributed by atoms with Crippen LogP contribution in [0.1, 0.15) is 5.82 Å². The first kappa shape index (κ1) is 18.6. The van der Waals surface area contributed by atoms with Crippen LogP contribution in [-0.2, 0) is 4.84 Å². The van der Waals surface area contributed by atoms with E-state index in [1.54, 1.807) is 0 Å². The van der Waals surface area contributed by atoms with Crippen molar-refractivity contribution in [3.63, 3.8) is 0 Å². The standard InChI is InChI=1S/C16H15BrFN7O3/c17-12-5-11(1-2-13(12)18)24-15(21-28-16(24)26)14-9-27-22-25(14)20-3-4-23-7-10(6-19)8-23/h1-2,5,9-10,20,22H,3-4,7-8H2. The maximum Gasteiger partial charge on any atom is 0.446 e. The van der Waals surface area contributed by atoms with E-state index < -0.39 is 11.6 Å². The molecule has 1 aromatic carbocycles. The lowest BCUT2D eigenvalue weighted by Gasteiger charge is -2.35. The molecule has 2 aliphatic heterocycles. The highest BCUT2D eigenvalue weighted by Gasteiger charge is 2.28. The average molecular weight is 452 g/mol. The average Bonchev–Trinajstić information content (AvgIpc) is 3.25. The molecule has 10 nitrogen and oxygen atoms in total. The molecule has 0 radical (unpaired) electrons. The number of hydrogen-bond acceptors (Lipinski definition) is 9. The normalized spacial score (nSPS) is 17.2. The summed E-state index contributed by atoms with van der Waals surface area (Å²) in [4.78, 5) is 19.4. The molecule has 0 atom stereocenters. The highest BCUT2D eigenvalue weighted by Crippen LogP contribution is 2.23. The minimum absolute atomic E-state index is 0.100. The third-order valence-electron chi connectivity index (χ3n) is 4.39. The summed E-state index contributed by atoms with van der Waals surface area (Å²) in [6, 6.07) is 6.36. The monoisotopic (exact) mass is 451 g/mol. The van der Waals surface area contributed by atoms with Gasteiger partial charge in [0.25, 0.3) is 0 Å². The fourth-order valence-electron chi connectivity index (χ4n) is 2.92. The van der Waals surface area contributed by atoms with Gasteiger partial charge in [0.1, 0.15) is 12.1 Å². The van der Waals surface area contributed by atoms with Crippen LogP contribution in [-0.4, -0.2) is 45.9 Å². The van der Waals surface area contributed by atoms with Crippen LogP contribution >= 0.6 is 15.9 Å². The number of nitriles is 1. The quantitative estimate of drug-likeness (QED) is 0.656. The molecule has 4 rings (SSSR count). The molecule has 0 saturated carbocycles. The second-order valence-corrected chi connectivity index (χ2v) is 7.10.